The lowest BCUT2D eigenvalue weighted by Gasteiger charge is -2.30. The van der Waals surface area contributed by atoms with Gasteiger partial charge in [-0.25, -0.2) is 4.39 Å². The Bertz CT molecular complexity index is 551. The van der Waals surface area contributed by atoms with Gasteiger partial charge in [0.25, 0.3) is 0 Å². The van der Waals surface area contributed by atoms with Crippen LogP contribution in [0.25, 0.3) is 0 Å². The van der Waals surface area contributed by atoms with Gasteiger partial charge in [-0.3, -0.25) is 0 Å². The summed E-state index contributed by atoms with van der Waals surface area (Å²) >= 11 is 0. The Balaban J connectivity index is 1.93. The van der Waals surface area contributed by atoms with Crippen molar-refractivity contribution in [2.24, 2.45) is 0 Å². The molecule has 1 N–H and O–H groups in total. The van der Waals surface area contributed by atoms with Crippen molar-refractivity contribution in [3.63, 3.8) is 0 Å². The molecule has 0 aromatic heterocycles. The minimum Gasteiger partial charge on any atom is -0.483 e. The molecule has 0 saturated carbocycles. The van der Waals surface area contributed by atoms with Gasteiger partial charge < -0.3 is 9.84 Å². The predicted molar refractivity (Wildman–Crippen MR) is 65.9 cm³/mol. The third-order valence-electron chi connectivity index (χ3n) is 3.20. The minimum atomic E-state index is -0.606. The van der Waals surface area contributed by atoms with Crippen molar-refractivity contribution in [1.29, 1.82) is 0 Å². The van der Waals surface area contributed by atoms with Gasteiger partial charge in [-0.2, -0.15) is 0 Å². The van der Waals surface area contributed by atoms with Gasteiger partial charge in [-0.15, -0.1) is 0 Å². The number of rotatable bonds is 1. The van der Waals surface area contributed by atoms with E-state index in [0.717, 1.165) is 16.9 Å². The summed E-state index contributed by atoms with van der Waals surface area (Å²) in [5, 5.41) is 10.1. The van der Waals surface area contributed by atoms with Crippen LogP contribution in [0.15, 0.2) is 48.5 Å². The fourth-order valence-corrected chi connectivity index (χ4v) is 2.28. The number of ether oxygens (including phenoxy) is 1. The molecule has 1 aliphatic heterocycles. The molecule has 2 nitrogen and oxygen atoms in total. The molecule has 0 bridgehead atoms. The summed E-state index contributed by atoms with van der Waals surface area (Å²) in [5.41, 5.74) is 1.79. The molecule has 18 heavy (non-hydrogen) atoms. The van der Waals surface area contributed by atoms with Crippen molar-refractivity contribution in [3.8, 4) is 5.75 Å². The first-order chi connectivity index (χ1) is 8.74. The molecular weight excluding hydrogens is 231 g/mol. The summed E-state index contributed by atoms with van der Waals surface area (Å²) in [6.45, 7) is 0. The van der Waals surface area contributed by atoms with Crippen molar-refractivity contribution in [1.82, 2.24) is 0 Å². The third-order valence-corrected chi connectivity index (χ3v) is 3.20. The van der Waals surface area contributed by atoms with Crippen LogP contribution in [0.5, 0.6) is 5.75 Å². The number of halogens is 1. The van der Waals surface area contributed by atoms with Crippen LogP contribution in [0.2, 0.25) is 0 Å². The summed E-state index contributed by atoms with van der Waals surface area (Å²) in [5.74, 6) is 0.501. The number of aliphatic hydroxyl groups excluding tert-OH is 1. The first kappa shape index (κ1) is 11.2. The Hall–Kier alpha value is -1.87. The second-order valence-corrected chi connectivity index (χ2v) is 4.47. The van der Waals surface area contributed by atoms with E-state index in [1.165, 1.54) is 12.1 Å². The molecule has 0 spiro atoms. The van der Waals surface area contributed by atoms with Crippen LogP contribution in [-0.4, -0.2) is 11.2 Å². The summed E-state index contributed by atoms with van der Waals surface area (Å²) < 4.78 is 18.7. The van der Waals surface area contributed by atoms with Crippen molar-refractivity contribution >= 4 is 0 Å². The van der Waals surface area contributed by atoms with E-state index in [1.807, 2.05) is 24.3 Å². The Labute approximate surface area is 105 Å². The van der Waals surface area contributed by atoms with Gasteiger partial charge in [-0.1, -0.05) is 30.3 Å². The van der Waals surface area contributed by atoms with Gasteiger partial charge in [-0.05, 0) is 29.3 Å². The molecule has 0 saturated heterocycles. The molecule has 3 rings (SSSR count). The first-order valence-electron chi connectivity index (χ1n) is 5.92. The molecule has 1 heterocycles. The fraction of sp³-hybridized carbons (Fsp3) is 0.200. The van der Waals surface area contributed by atoms with Gasteiger partial charge in [0.15, 0.2) is 0 Å². The topological polar surface area (TPSA) is 29.5 Å². The van der Waals surface area contributed by atoms with Crippen LogP contribution in [0, 0.1) is 5.82 Å². The van der Waals surface area contributed by atoms with E-state index >= 15 is 0 Å². The van der Waals surface area contributed by atoms with E-state index < -0.39 is 12.2 Å². The van der Waals surface area contributed by atoms with Crippen LogP contribution in [0.4, 0.5) is 4.39 Å². The highest BCUT2D eigenvalue weighted by Gasteiger charge is 2.29. The minimum absolute atomic E-state index is 0.288. The zero-order chi connectivity index (χ0) is 12.5. The third kappa shape index (κ3) is 1.97. The Morgan fingerprint density at radius 3 is 2.56 bits per heavy atom. The smallest absolute Gasteiger partial charge is 0.150 e. The molecule has 3 heteroatoms. The van der Waals surface area contributed by atoms with Crippen LogP contribution in [0.1, 0.15) is 17.2 Å². The number of hydrogen-bond donors (Lipinski definition) is 1. The lowest BCUT2D eigenvalue weighted by atomic mass is 9.95. The maximum absolute atomic E-state index is 12.9. The SMILES string of the molecule is O[C@H]1Cc2ccccc2O[C@@H]1c1ccc(F)cc1. The number of para-hydroxylation sites is 1. The average molecular weight is 244 g/mol. The second-order valence-electron chi connectivity index (χ2n) is 4.47. The number of fused-ring (bicyclic) bond motifs is 1. The van der Waals surface area contributed by atoms with Gasteiger partial charge in [0.2, 0.25) is 0 Å². The standard InChI is InChI=1S/C15H13FO2/c16-12-7-5-10(6-8-12)15-13(17)9-11-3-1-2-4-14(11)18-15/h1-8,13,15,17H,9H2/t13-,15+/m0/s1. The molecule has 0 aliphatic carbocycles. The number of benzene rings is 2. The van der Waals surface area contributed by atoms with Crippen LogP contribution < -0.4 is 4.74 Å². The maximum atomic E-state index is 12.9. The summed E-state index contributed by atoms with van der Waals surface area (Å²) in [7, 11) is 0. The fourth-order valence-electron chi connectivity index (χ4n) is 2.28. The molecule has 2 atom stereocenters. The van der Waals surface area contributed by atoms with Gasteiger partial charge in [0.1, 0.15) is 17.7 Å². The molecule has 2 aromatic rings. The van der Waals surface area contributed by atoms with Crippen molar-refractivity contribution in [2.75, 3.05) is 0 Å². The van der Waals surface area contributed by atoms with Crippen LogP contribution >= 0.6 is 0 Å². The van der Waals surface area contributed by atoms with Gasteiger partial charge >= 0.3 is 0 Å². The number of hydrogen-bond acceptors (Lipinski definition) is 2. The molecular formula is C15H13FO2. The van der Waals surface area contributed by atoms with E-state index in [-0.39, 0.29) is 5.82 Å². The Morgan fingerprint density at radius 1 is 1.06 bits per heavy atom. The highest BCUT2D eigenvalue weighted by Crippen LogP contribution is 2.34. The highest BCUT2D eigenvalue weighted by molar-refractivity contribution is 5.37. The molecule has 0 fully saturated rings. The van der Waals surface area contributed by atoms with Crippen LogP contribution in [-0.2, 0) is 6.42 Å². The first-order valence-corrected chi connectivity index (χ1v) is 5.92. The van der Waals surface area contributed by atoms with E-state index in [9.17, 15) is 9.50 Å². The summed E-state index contributed by atoms with van der Waals surface area (Å²) in [6, 6.07) is 13.7. The lowest BCUT2D eigenvalue weighted by Crippen LogP contribution is -2.30. The van der Waals surface area contributed by atoms with E-state index in [2.05, 4.69) is 0 Å². The number of aliphatic hydroxyl groups is 1. The molecule has 1 aliphatic rings. The largest absolute Gasteiger partial charge is 0.483 e. The van der Waals surface area contributed by atoms with Crippen molar-refractivity contribution in [2.45, 2.75) is 18.6 Å². The average Bonchev–Trinajstić information content (AvgIpc) is 2.39. The molecule has 0 unspecified atom stereocenters. The van der Waals surface area contributed by atoms with Crippen molar-refractivity contribution in [3.05, 3.63) is 65.5 Å². The quantitative estimate of drug-likeness (QED) is 0.835. The van der Waals surface area contributed by atoms with E-state index in [1.54, 1.807) is 12.1 Å². The normalized spacial score (nSPS) is 22.1. The lowest BCUT2D eigenvalue weighted by molar-refractivity contribution is 0.0208. The monoisotopic (exact) mass is 244 g/mol. The Kier molecular flexibility index (Phi) is 2.76. The van der Waals surface area contributed by atoms with Gasteiger partial charge in [0, 0.05) is 6.42 Å². The highest BCUT2D eigenvalue weighted by atomic mass is 19.1. The predicted octanol–water partition coefficient (Wildman–Crippen LogP) is 2.86. The second kappa shape index (κ2) is 4.42. The maximum Gasteiger partial charge on any atom is 0.150 e. The van der Waals surface area contributed by atoms with E-state index in [0.29, 0.717) is 6.42 Å². The molecule has 2 aromatic carbocycles. The zero-order valence-electron chi connectivity index (χ0n) is 9.71. The van der Waals surface area contributed by atoms with E-state index in [4.69, 9.17) is 4.74 Å². The van der Waals surface area contributed by atoms with Gasteiger partial charge in [0.05, 0.1) is 6.10 Å². The Morgan fingerprint density at radius 2 is 1.78 bits per heavy atom. The summed E-state index contributed by atoms with van der Waals surface area (Å²) in [6.07, 6.45) is -0.482. The van der Waals surface area contributed by atoms with Crippen LogP contribution in [0.3, 0.4) is 0 Å². The molecule has 0 amide bonds. The van der Waals surface area contributed by atoms with Crippen molar-refractivity contribution < 1.29 is 14.2 Å². The zero-order valence-corrected chi connectivity index (χ0v) is 9.71. The molecule has 0 radical (unpaired) electrons. The molecule has 92 valence electrons. The summed E-state index contributed by atoms with van der Waals surface area (Å²) in [4.78, 5) is 0.